The molecule has 0 unspecified atom stereocenters. The predicted molar refractivity (Wildman–Crippen MR) is 100 cm³/mol. The predicted octanol–water partition coefficient (Wildman–Crippen LogP) is 2.36. The van der Waals surface area contributed by atoms with Crippen LogP contribution in [0.3, 0.4) is 0 Å². The zero-order chi connectivity index (χ0) is 18.9. The summed E-state index contributed by atoms with van der Waals surface area (Å²) in [5, 5.41) is 12.1. The van der Waals surface area contributed by atoms with E-state index >= 15 is 0 Å². The second kappa shape index (κ2) is 7.06. The number of fused-ring (bicyclic) bond motifs is 1. The molecule has 26 heavy (non-hydrogen) atoms. The van der Waals surface area contributed by atoms with E-state index in [9.17, 15) is 12.8 Å². The summed E-state index contributed by atoms with van der Waals surface area (Å²) in [5.41, 5.74) is 9.32. The molecule has 1 aromatic carbocycles. The van der Waals surface area contributed by atoms with Gasteiger partial charge in [0.2, 0.25) is 16.0 Å². The van der Waals surface area contributed by atoms with E-state index in [4.69, 9.17) is 11.1 Å². The highest BCUT2D eigenvalue weighted by atomic mass is 32.2. The van der Waals surface area contributed by atoms with Gasteiger partial charge in [-0.05, 0) is 37.5 Å². The molecule has 1 aliphatic carbocycles. The zero-order valence-corrected chi connectivity index (χ0v) is 15.3. The lowest BCUT2D eigenvalue weighted by Crippen LogP contribution is -2.27. The molecule has 9 heteroatoms. The Labute approximate surface area is 151 Å². The van der Waals surface area contributed by atoms with Crippen LogP contribution in [0.2, 0.25) is 0 Å². The largest absolute Gasteiger partial charge is 0.369 e. The average molecular weight is 379 g/mol. The molecule has 7 nitrogen and oxygen atoms in total. The number of guanidine groups is 1. The fraction of sp³-hybridized carbons (Fsp3) is 0.412. The minimum atomic E-state index is -3.61. The summed E-state index contributed by atoms with van der Waals surface area (Å²) in [5.74, 6) is -0.635. The third-order valence-electron chi connectivity index (χ3n) is 4.33. The molecule has 1 aromatic heterocycles. The normalized spacial score (nSPS) is 15.4. The number of hydrogen-bond acceptors (Lipinski definition) is 4. The Bertz CT molecular complexity index is 976. The van der Waals surface area contributed by atoms with Gasteiger partial charge in [0, 0.05) is 23.1 Å². The van der Waals surface area contributed by atoms with Gasteiger partial charge in [-0.15, -0.1) is 0 Å². The molecule has 0 spiro atoms. The standard InChI is InChI=1S/C17H22FN5O2S/c1-2-3-8-26(24,25)23-10-14(13-7-6-12(18)9-15(13)23)16(11-4-5-11)21-22-17(19)20/h6-7,9-11H,2-5,8H2,1H3,(H4,19,20,22)/b21-16-. The topological polar surface area (TPSA) is 113 Å². The number of halogens is 1. The Morgan fingerprint density at radius 1 is 1.46 bits per heavy atom. The molecule has 3 rings (SSSR count). The molecule has 0 radical (unpaired) electrons. The summed E-state index contributed by atoms with van der Waals surface area (Å²) in [6.45, 7) is 1.92. The SMILES string of the molecule is CCCCS(=O)(=O)n1cc(/C(=N\NC(=N)N)C2CC2)c2ccc(F)cc21. The number of nitrogens with one attached hydrogen (secondary N) is 2. The molecule has 0 bridgehead atoms. The number of hydrazone groups is 1. The molecule has 0 amide bonds. The van der Waals surface area contributed by atoms with Gasteiger partial charge < -0.3 is 5.73 Å². The van der Waals surface area contributed by atoms with Crippen LogP contribution in [0.4, 0.5) is 4.39 Å². The Hall–Kier alpha value is -2.42. The van der Waals surface area contributed by atoms with E-state index < -0.39 is 15.8 Å². The maximum Gasteiger partial charge on any atom is 0.239 e. The van der Waals surface area contributed by atoms with E-state index in [0.717, 1.165) is 23.2 Å². The monoisotopic (exact) mass is 379 g/mol. The average Bonchev–Trinajstić information content (AvgIpc) is 3.34. The molecule has 0 atom stereocenters. The summed E-state index contributed by atoms with van der Waals surface area (Å²) >= 11 is 0. The molecule has 1 heterocycles. The number of nitrogens with zero attached hydrogens (tertiary/aromatic N) is 2. The highest BCUT2D eigenvalue weighted by Gasteiger charge is 2.32. The van der Waals surface area contributed by atoms with E-state index in [1.165, 1.54) is 18.3 Å². The quantitative estimate of drug-likeness (QED) is 0.389. The fourth-order valence-corrected chi connectivity index (χ4v) is 4.45. The van der Waals surface area contributed by atoms with Crippen molar-refractivity contribution >= 4 is 32.6 Å². The van der Waals surface area contributed by atoms with Crippen molar-refractivity contribution in [2.45, 2.75) is 32.6 Å². The van der Waals surface area contributed by atoms with Crippen molar-refractivity contribution < 1.29 is 12.8 Å². The summed E-state index contributed by atoms with van der Waals surface area (Å²) in [6, 6.07) is 4.10. The summed E-state index contributed by atoms with van der Waals surface area (Å²) in [7, 11) is -3.61. The molecule has 4 N–H and O–H groups in total. The Balaban J connectivity index is 2.17. The first kappa shape index (κ1) is 18.4. The van der Waals surface area contributed by atoms with Gasteiger partial charge in [-0.1, -0.05) is 13.3 Å². The first-order valence-electron chi connectivity index (χ1n) is 8.55. The number of aromatic nitrogens is 1. The molecule has 140 valence electrons. The van der Waals surface area contributed by atoms with Gasteiger partial charge in [-0.2, -0.15) is 5.10 Å². The first-order chi connectivity index (χ1) is 12.3. The molecule has 0 aliphatic heterocycles. The number of hydrogen-bond donors (Lipinski definition) is 3. The van der Waals surface area contributed by atoms with Crippen molar-refractivity contribution in [3.63, 3.8) is 0 Å². The molecule has 0 saturated heterocycles. The number of rotatable bonds is 7. The summed E-state index contributed by atoms with van der Waals surface area (Å²) in [6.07, 6.45) is 4.64. The second-order valence-corrected chi connectivity index (χ2v) is 8.43. The van der Waals surface area contributed by atoms with Crippen LogP contribution in [0.15, 0.2) is 29.5 Å². The van der Waals surface area contributed by atoms with Crippen molar-refractivity contribution in [1.82, 2.24) is 9.40 Å². The van der Waals surface area contributed by atoms with E-state index in [1.54, 1.807) is 6.07 Å². The van der Waals surface area contributed by atoms with Crippen molar-refractivity contribution in [1.29, 1.82) is 5.41 Å². The van der Waals surface area contributed by atoms with Crippen molar-refractivity contribution in [2.24, 2.45) is 16.8 Å². The summed E-state index contributed by atoms with van der Waals surface area (Å²) in [4.78, 5) is 0. The highest BCUT2D eigenvalue weighted by Crippen LogP contribution is 2.36. The van der Waals surface area contributed by atoms with Crippen LogP contribution in [0.1, 0.15) is 38.2 Å². The third kappa shape index (κ3) is 3.72. The van der Waals surface area contributed by atoms with Crippen molar-refractivity contribution in [2.75, 3.05) is 5.75 Å². The van der Waals surface area contributed by atoms with Crippen LogP contribution in [-0.2, 0) is 10.0 Å². The lowest BCUT2D eigenvalue weighted by Gasteiger charge is -2.06. The Morgan fingerprint density at radius 3 is 2.81 bits per heavy atom. The molecule has 1 saturated carbocycles. The van der Waals surface area contributed by atoms with E-state index in [1.807, 2.05) is 6.92 Å². The van der Waals surface area contributed by atoms with Gasteiger partial charge >= 0.3 is 0 Å². The van der Waals surface area contributed by atoms with Crippen LogP contribution < -0.4 is 11.2 Å². The molecule has 2 aromatic rings. The van der Waals surface area contributed by atoms with Crippen LogP contribution in [0.5, 0.6) is 0 Å². The van der Waals surface area contributed by atoms with Crippen molar-refractivity contribution in [3.05, 3.63) is 35.8 Å². The first-order valence-corrected chi connectivity index (χ1v) is 10.2. The van der Waals surface area contributed by atoms with Crippen LogP contribution in [-0.4, -0.2) is 29.8 Å². The Morgan fingerprint density at radius 2 is 2.19 bits per heavy atom. The van der Waals surface area contributed by atoms with Crippen LogP contribution >= 0.6 is 0 Å². The van der Waals surface area contributed by atoms with E-state index in [2.05, 4.69) is 10.5 Å². The zero-order valence-electron chi connectivity index (χ0n) is 14.5. The molecular weight excluding hydrogens is 357 g/mol. The van der Waals surface area contributed by atoms with E-state index in [-0.39, 0.29) is 17.6 Å². The van der Waals surface area contributed by atoms with E-state index in [0.29, 0.717) is 28.6 Å². The Kier molecular flexibility index (Phi) is 4.99. The fourth-order valence-electron chi connectivity index (χ4n) is 2.88. The highest BCUT2D eigenvalue weighted by molar-refractivity contribution is 7.90. The minimum absolute atomic E-state index is 0.00909. The third-order valence-corrected chi connectivity index (χ3v) is 6.03. The maximum absolute atomic E-state index is 13.8. The number of unbranched alkanes of at least 4 members (excludes halogenated alkanes) is 1. The minimum Gasteiger partial charge on any atom is -0.369 e. The second-order valence-electron chi connectivity index (χ2n) is 6.47. The lowest BCUT2D eigenvalue weighted by molar-refractivity contribution is 0.585. The van der Waals surface area contributed by atoms with Gasteiger partial charge in [0.25, 0.3) is 0 Å². The molecular formula is C17H22FN5O2S. The molecule has 1 fully saturated rings. The van der Waals surface area contributed by atoms with Crippen LogP contribution in [0, 0.1) is 17.1 Å². The lowest BCUT2D eigenvalue weighted by atomic mass is 10.1. The van der Waals surface area contributed by atoms with Gasteiger partial charge in [0.05, 0.1) is 17.0 Å². The van der Waals surface area contributed by atoms with Gasteiger partial charge in [0.15, 0.2) is 0 Å². The van der Waals surface area contributed by atoms with Crippen molar-refractivity contribution in [3.8, 4) is 0 Å². The van der Waals surface area contributed by atoms with Gasteiger partial charge in [-0.25, -0.2) is 22.2 Å². The van der Waals surface area contributed by atoms with Crippen LogP contribution in [0.25, 0.3) is 10.9 Å². The van der Waals surface area contributed by atoms with Gasteiger partial charge in [0.1, 0.15) is 5.82 Å². The molecule has 1 aliphatic rings. The summed E-state index contributed by atoms with van der Waals surface area (Å²) < 4.78 is 40.4. The number of nitrogens with two attached hydrogens (primary N) is 1. The smallest absolute Gasteiger partial charge is 0.239 e. The van der Waals surface area contributed by atoms with Gasteiger partial charge in [-0.3, -0.25) is 5.41 Å². The number of benzene rings is 1. The maximum atomic E-state index is 13.8.